The van der Waals surface area contributed by atoms with Crippen LogP contribution in [0.4, 0.5) is 0 Å². The smallest absolute Gasteiger partial charge is 0.271 e. The zero-order chi connectivity index (χ0) is 14.3. The number of rotatable bonds is 3. The SMILES string of the molecule is CN(C)C1C[C@@H]2CC(N(C)C(=O)c3ccn[nH]3)C[C@@H]2C1. The Balaban J connectivity index is 1.61. The molecule has 0 bridgehead atoms. The molecule has 2 fully saturated rings. The van der Waals surface area contributed by atoms with Crippen LogP contribution in [-0.2, 0) is 0 Å². The molecule has 1 N–H and O–H groups in total. The lowest BCUT2D eigenvalue weighted by Crippen LogP contribution is -2.36. The van der Waals surface area contributed by atoms with Gasteiger partial charge in [0.1, 0.15) is 5.69 Å². The van der Waals surface area contributed by atoms with Crippen molar-refractivity contribution in [3.8, 4) is 0 Å². The number of H-pyrrole nitrogens is 1. The second kappa shape index (κ2) is 5.20. The molecule has 0 saturated heterocycles. The number of aromatic nitrogens is 2. The van der Waals surface area contributed by atoms with Crippen LogP contribution in [0.3, 0.4) is 0 Å². The van der Waals surface area contributed by atoms with Crippen molar-refractivity contribution in [3.05, 3.63) is 18.0 Å². The number of amides is 1. The Morgan fingerprint density at radius 2 is 1.75 bits per heavy atom. The fourth-order valence-corrected chi connectivity index (χ4v) is 4.02. The van der Waals surface area contributed by atoms with Gasteiger partial charge < -0.3 is 9.80 Å². The predicted octanol–water partition coefficient (Wildman–Crippen LogP) is 1.60. The van der Waals surface area contributed by atoms with Crippen LogP contribution >= 0.6 is 0 Å². The van der Waals surface area contributed by atoms with Gasteiger partial charge in [0.15, 0.2) is 0 Å². The highest BCUT2D eigenvalue weighted by atomic mass is 16.2. The zero-order valence-corrected chi connectivity index (χ0v) is 12.5. The fraction of sp³-hybridized carbons (Fsp3) is 0.733. The lowest BCUT2D eigenvalue weighted by Gasteiger charge is -2.26. The topological polar surface area (TPSA) is 52.2 Å². The third kappa shape index (κ3) is 2.35. The molecular weight excluding hydrogens is 252 g/mol. The lowest BCUT2D eigenvalue weighted by atomic mass is 10.0. The zero-order valence-electron chi connectivity index (χ0n) is 12.5. The Labute approximate surface area is 120 Å². The molecule has 5 nitrogen and oxygen atoms in total. The number of carbonyl (C=O) groups excluding carboxylic acids is 1. The fourth-order valence-electron chi connectivity index (χ4n) is 4.02. The Morgan fingerprint density at radius 1 is 1.15 bits per heavy atom. The van der Waals surface area contributed by atoms with Crippen LogP contribution in [0.1, 0.15) is 36.2 Å². The number of hydrogen-bond donors (Lipinski definition) is 1. The van der Waals surface area contributed by atoms with E-state index in [1.807, 2.05) is 11.9 Å². The van der Waals surface area contributed by atoms with Crippen LogP contribution in [0.15, 0.2) is 12.3 Å². The van der Waals surface area contributed by atoms with Crippen molar-refractivity contribution < 1.29 is 4.79 Å². The first-order valence-corrected chi connectivity index (χ1v) is 7.49. The van der Waals surface area contributed by atoms with Crippen molar-refractivity contribution in [3.63, 3.8) is 0 Å². The van der Waals surface area contributed by atoms with Crippen molar-refractivity contribution in [2.24, 2.45) is 11.8 Å². The maximum Gasteiger partial charge on any atom is 0.271 e. The van der Waals surface area contributed by atoms with E-state index >= 15 is 0 Å². The predicted molar refractivity (Wildman–Crippen MR) is 77.4 cm³/mol. The van der Waals surface area contributed by atoms with E-state index in [0.29, 0.717) is 11.7 Å². The van der Waals surface area contributed by atoms with E-state index in [2.05, 4.69) is 29.2 Å². The van der Waals surface area contributed by atoms with E-state index in [4.69, 9.17) is 0 Å². The van der Waals surface area contributed by atoms with E-state index in [0.717, 1.165) is 30.7 Å². The van der Waals surface area contributed by atoms with Crippen LogP contribution in [0, 0.1) is 11.8 Å². The molecule has 2 saturated carbocycles. The minimum absolute atomic E-state index is 0.0663. The summed E-state index contributed by atoms with van der Waals surface area (Å²) in [6, 6.07) is 2.87. The largest absolute Gasteiger partial charge is 0.337 e. The Hall–Kier alpha value is -1.36. The second-order valence-electron chi connectivity index (χ2n) is 6.62. The number of hydrogen-bond acceptors (Lipinski definition) is 3. The first kappa shape index (κ1) is 13.6. The highest BCUT2D eigenvalue weighted by Gasteiger charge is 2.44. The van der Waals surface area contributed by atoms with Crippen molar-refractivity contribution in [2.45, 2.75) is 37.8 Å². The maximum atomic E-state index is 12.3. The molecule has 0 spiro atoms. The summed E-state index contributed by atoms with van der Waals surface area (Å²) >= 11 is 0. The summed E-state index contributed by atoms with van der Waals surface area (Å²) in [5, 5.41) is 6.63. The Bertz CT molecular complexity index is 456. The Kier molecular flexibility index (Phi) is 3.54. The molecule has 20 heavy (non-hydrogen) atoms. The molecule has 110 valence electrons. The quantitative estimate of drug-likeness (QED) is 0.912. The summed E-state index contributed by atoms with van der Waals surface area (Å²) in [6.45, 7) is 0. The molecule has 2 aliphatic rings. The summed E-state index contributed by atoms with van der Waals surface area (Å²) in [6.07, 6.45) is 6.53. The maximum absolute atomic E-state index is 12.3. The van der Waals surface area contributed by atoms with Gasteiger partial charge in [-0.2, -0.15) is 5.10 Å². The summed E-state index contributed by atoms with van der Waals surface area (Å²) in [5.74, 6) is 1.66. The molecule has 0 radical (unpaired) electrons. The molecule has 0 aromatic carbocycles. The van der Waals surface area contributed by atoms with Crippen molar-refractivity contribution in [1.29, 1.82) is 0 Å². The van der Waals surface area contributed by atoms with Gasteiger partial charge >= 0.3 is 0 Å². The molecule has 2 unspecified atom stereocenters. The molecule has 5 heteroatoms. The van der Waals surface area contributed by atoms with E-state index in [-0.39, 0.29) is 5.91 Å². The van der Waals surface area contributed by atoms with Gasteiger partial charge in [-0.05, 0) is 57.7 Å². The van der Waals surface area contributed by atoms with Crippen LogP contribution in [0.25, 0.3) is 0 Å². The minimum Gasteiger partial charge on any atom is -0.337 e. The molecular formula is C15H24N4O. The van der Waals surface area contributed by atoms with E-state index in [9.17, 15) is 4.79 Å². The van der Waals surface area contributed by atoms with E-state index in [1.54, 1.807) is 12.3 Å². The summed E-state index contributed by atoms with van der Waals surface area (Å²) in [5.41, 5.74) is 0.593. The van der Waals surface area contributed by atoms with Gasteiger partial charge in [-0.3, -0.25) is 9.89 Å². The van der Waals surface area contributed by atoms with E-state index in [1.165, 1.54) is 12.8 Å². The first-order valence-electron chi connectivity index (χ1n) is 7.49. The third-order valence-corrected chi connectivity index (χ3v) is 5.30. The lowest BCUT2D eigenvalue weighted by molar-refractivity contribution is 0.0720. The number of nitrogens with zero attached hydrogens (tertiary/aromatic N) is 3. The van der Waals surface area contributed by atoms with Crippen molar-refractivity contribution >= 4 is 5.91 Å². The van der Waals surface area contributed by atoms with Gasteiger partial charge in [0.25, 0.3) is 5.91 Å². The number of carbonyl (C=O) groups is 1. The molecule has 1 amide bonds. The second-order valence-corrected chi connectivity index (χ2v) is 6.62. The van der Waals surface area contributed by atoms with Crippen LogP contribution in [0.5, 0.6) is 0 Å². The van der Waals surface area contributed by atoms with Crippen molar-refractivity contribution in [1.82, 2.24) is 20.0 Å². The van der Waals surface area contributed by atoms with Gasteiger partial charge in [-0.25, -0.2) is 0 Å². The van der Waals surface area contributed by atoms with Gasteiger partial charge in [-0.15, -0.1) is 0 Å². The van der Waals surface area contributed by atoms with Crippen LogP contribution in [-0.4, -0.2) is 59.1 Å². The van der Waals surface area contributed by atoms with Gasteiger partial charge in [-0.1, -0.05) is 0 Å². The molecule has 2 aliphatic carbocycles. The van der Waals surface area contributed by atoms with Crippen LogP contribution in [0.2, 0.25) is 0 Å². The highest BCUT2D eigenvalue weighted by Crippen LogP contribution is 2.46. The standard InChI is InChI=1S/C15H24N4O/c1-18(2)12-6-10-8-13(9-11(10)7-12)19(3)15(20)14-4-5-16-17-14/h4-5,10-13H,6-9H2,1-3H3,(H,16,17)/t10-,11+,12?,13?. The third-order valence-electron chi connectivity index (χ3n) is 5.30. The number of fused-ring (bicyclic) bond motifs is 1. The monoisotopic (exact) mass is 276 g/mol. The number of aromatic amines is 1. The molecule has 1 heterocycles. The molecule has 3 rings (SSSR count). The molecule has 1 aromatic rings. The first-order chi connectivity index (χ1) is 9.56. The average molecular weight is 276 g/mol. The highest BCUT2D eigenvalue weighted by molar-refractivity contribution is 5.92. The van der Waals surface area contributed by atoms with E-state index < -0.39 is 0 Å². The summed E-state index contributed by atoms with van der Waals surface area (Å²) in [7, 11) is 6.28. The minimum atomic E-state index is 0.0663. The Morgan fingerprint density at radius 3 is 2.25 bits per heavy atom. The molecule has 1 aromatic heterocycles. The van der Waals surface area contributed by atoms with Gasteiger partial charge in [0, 0.05) is 25.3 Å². The molecule has 0 aliphatic heterocycles. The normalized spacial score (nSPS) is 32.6. The van der Waals surface area contributed by atoms with Crippen molar-refractivity contribution in [2.75, 3.05) is 21.1 Å². The van der Waals surface area contributed by atoms with Crippen LogP contribution < -0.4 is 0 Å². The summed E-state index contributed by atoms with van der Waals surface area (Å²) in [4.78, 5) is 16.6. The summed E-state index contributed by atoms with van der Waals surface area (Å²) < 4.78 is 0. The number of nitrogens with one attached hydrogen (secondary N) is 1. The van der Waals surface area contributed by atoms with Gasteiger partial charge in [0.05, 0.1) is 0 Å². The van der Waals surface area contributed by atoms with Gasteiger partial charge in [0.2, 0.25) is 0 Å². The average Bonchev–Trinajstić information content (AvgIpc) is 3.11. The molecule has 4 atom stereocenters.